The predicted molar refractivity (Wildman–Crippen MR) is 78.9 cm³/mol. The van der Waals surface area contributed by atoms with E-state index in [-0.39, 0.29) is 0 Å². The number of nitrogens with one attached hydrogen (secondary N) is 1. The normalized spacial score (nSPS) is 29.0. The molecule has 2 nitrogen and oxygen atoms in total. The molecule has 2 aliphatic rings. The maximum Gasteiger partial charge on any atom is 0.0334 e. The van der Waals surface area contributed by atoms with Crippen molar-refractivity contribution < 1.29 is 0 Å². The zero-order chi connectivity index (χ0) is 13.2. The van der Waals surface area contributed by atoms with Crippen LogP contribution in [0.15, 0.2) is 0 Å². The van der Waals surface area contributed by atoms with Crippen molar-refractivity contribution in [2.75, 3.05) is 19.6 Å². The summed E-state index contributed by atoms with van der Waals surface area (Å²) in [5.74, 6) is 0. The van der Waals surface area contributed by atoms with Crippen molar-refractivity contribution in [1.82, 2.24) is 10.2 Å². The second-order valence-electron chi connectivity index (χ2n) is 7.67. The van der Waals surface area contributed by atoms with Gasteiger partial charge in [0.2, 0.25) is 0 Å². The Morgan fingerprint density at radius 1 is 1.22 bits per heavy atom. The average Bonchev–Trinajstić information content (AvgIpc) is 2.76. The summed E-state index contributed by atoms with van der Waals surface area (Å²) in [5.41, 5.74) is 0.975. The molecule has 0 aromatic carbocycles. The fourth-order valence-corrected chi connectivity index (χ4v) is 3.57. The van der Waals surface area contributed by atoms with E-state index in [1.807, 2.05) is 0 Å². The van der Waals surface area contributed by atoms with Gasteiger partial charge in [0, 0.05) is 24.7 Å². The lowest BCUT2D eigenvalue weighted by Crippen LogP contribution is -2.63. The zero-order valence-corrected chi connectivity index (χ0v) is 12.9. The summed E-state index contributed by atoms with van der Waals surface area (Å²) in [5, 5.41) is 3.79. The summed E-state index contributed by atoms with van der Waals surface area (Å²) in [6.45, 7) is 13.2. The Morgan fingerprint density at radius 3 is 2.44 bits per heavy atom. The Kier molecular flexibility index (Phi) is 4.38. The quantitative estimate of drug-likeness (QED) is 0.828. The highest BCUT2D eigenvalue weighted by molar-refractivity contribution is 5.01. The highest BCUT2D eigenvalue weighted by Crippen LogP contribution is 2.38. The number of hydrogen-bond donors (Lipinski definition) is 1. The molecule has 0 amide bonds. The summed E-state index contributed by atoms with van der Waals surface area (Å²) in [6.07, 6.45) is 8.30. The minimum absolute atomic E-state index is 0.465. The maximum atomic E-state index is 3.79. The average molecular weight is 252 g/mol. The largest absolute Gasteiger partial charge is 0.311 e. The van der Waals surface area contributed by atoms with E-state index in [0.717, 1.165) is 6.04 Å². The van der Waals surface area contributed by atoms with Gasteiger partial charge >= 0.3 is 0 Å². The van der Waals surface area contributed by atoms with E-state index in [1.54, 1.807) is 0 Å². The van der Waals surface area contributed by atoms with Crippen LogP contribution in [0, 0.1) is 5.41 Å². The molecule has 18 heavy (non-hydrogen) atoms. The molecule has 2 heteroatoms. The van der Waals surface area contributed by atoms with Gasteiger partial charge in [-0.25, -0.2) is 0 Å². The molecule has 1 N–H and O–H groups in total. The lowest BCUT2D eigenvalue weighted by atomic mass is 9.87. The van der Waals surface area contributed by atoms with Crippen LogP contribution in [0.25, 0.3) is 0 Å². The molecule has 2 fully saturated rings. The monoisotopic (exact) mass is 252 g/mol. The van der Waals surface area contributed by atoms with Crippen LogP contribution in [-0.2, 0) is 0 Å². The lowest BCUT2D eigenvalue weighted by molar-refractivity contribution is 0.0335. The third kappa shape index (κ3) is 3.27. The number of piperazine rings is 1. The zero-order valence-electron chi connectivity index (χ0n) is 12.9. The van der Waals surface area contributed by atoms with Gasteiger partial charge in [-0.05, 0) is 37.6 Å². The second-order valence-corrected chi connectivity index (χ2v) is 7.67. The van der Waals surface area contributed by atoms with E-state index in [1.165, 1.54) is 58.2 Å². The van der Waals surface area contributed by atoms with Crippen LogP contribution in [0.2, 0.25) is 0 Å². The van der Waals surface area contributed by atoms with Gasteiger partial charge in [0.1, 0.15) is 0 Å². The first-order chi connectivity index (χ1) is 8.45. The fraction of sp³-hybridized carbons (Fsp3) is 1.00. The molecular weight excluding hydrogens is 220 g/mol. The first kappa shape index (κ1) is 14.3. The van der Waals surface area contributed by atoms with Gasteiger partial charge in [-0.15, -0.1) is 0 Å². The molecule has 1 aliphatic carbocycles. The minimum atomic E-state index is 0.465. The standard InChI is InChI=1S/C16H32N2/c1-5-14-12-18(11-10-15(2,3)4)16(13-17-14)8-6-7-9-16/h14,17H,5-13H2,1-4H3. The molecule has 106 valence electrons. The molecule has 1 unspecified atom stereocenters. The molecule has 1 spiro atoms. The molecule has 0 bridgehead atoms. The van der Waals surface area contributed by atoms with E-state index in [9.17, 15) is 0 Å². The van der Waals surface area contributed by atoms with Crippen LogP contribution in [0.5, 0.6) is 0 Å². The Bertz CT molecular complexity index is 261. The summed E-state index contributed by atoms with van der Waals surface area (Å²) in [6, 6.07) is 0.719. The Hall–Kier alpha value is -0.0800. The number of nitrogens with zero attached hydrogens (tertiary/aromatic N) is 1. The van der Waals surface area contributed by atoms with Crippen molar-refractivity contribution in [3.8, 4) is 0 Å². The van der Waals surface area contributed by atoms with Crippen LogP contribution in [0.1, 0.15) is 66.2 Å². The van der Waals surface area contributed by atoms with Gasteiger partial charge in [-0.3, -0.25) is 4.90 Å². The van der Waals surface area contributed by atoms with E-state index in [2.05, 4.69) is 37.9 Å². The van der Waals surface area contributed by atoms with Crippen molar-refractivity contribution in [1.29, 1.82) is 0 Å². The molecule has 2 rings (SSSR count). The van der Waals surface area contributed by atoms with Crippen LogP contribution in [-0.4, -0.2) is 36.1 Å². The van der Waals surface area contributed by atoms with Crippen molar-refractivity contribution in [3.63, 3.8) is 0 Å². The smallest absolute Gasteiger partial charge is 0.0334 e. The number of hydrogen-bond acceptors (Lipinski definition) is 2. The van der Waals surface area contributed by atoms with Gasteiger partial charge in [0.05, 0.1) is 0 Å². The minimum Gasteiger partial charge on any atom is -0.311 e. The van der Waals surface area contributed by atoms with Crippen molar-refractivity contribution in [3.05, 3.63) is 0 Å². The molecule has 0 radical (unpaired) electrons. The van der Waals surface area contributed by atoms with Gasteiger partial charge < -0.3 is 5.32 Å². The molecule has 1 atom stereocenters. The molecule has 0 aromatic heterocycles. The van der Waals surface area contributed by atoms with Crippen molar-refractivity contribution in [2.24, 2.45) is 5.41 Å². The van der Waals surface area contributed by atoms with Crippen molar-refractivity contribution >= 4 is 0 Å². The first-order valence-electron chi connectivity index (χ1n) is 7.94. The van der Waals surface area contributed by atoms with E-state index in [0.29, 0.717) is 11.0 Å². The third-order valence-electron chi connectivity index (χ3n) is 4.99. The molecule has 0 aromatic rings. The first-order valence-corrected chi connectivity index (χ1v) is 7.94. The summed E-state index contributed by atoms with van der Waals surface area (Å²) in [4.78, 5) is 2.84. The Balaban J connectivity index is 2.00. The number of rotatable bonds is 3. The topological polar surface area (TPSA) is 15.3 Å². The van der Waals surface area contributed by atoms with Crippen LogP contribution < -0.4 is 5.32 Å². The molecule has 1 saturated heterocycles. The predicted octanol–water partition coefficient (Wildman–Crippen LogP) is 3.42. The van der Waals surface area contributed by atoms with Crippen LogP contribution >= 0.6 is 0 Å². The van der Waals surface area contributed by atoms with Gasteiger partial charge in [0.15, 0.2) is 0 Å². The fourth-order valence-electron chi connectivity index (χ4n) is 3.57. The van der Waals surface area contributed by atoms with Gasteiger partial charge in [-0.1, -0.05) is 40.5 Å². The summed E-state index contributed by atoms with van der Waals surface area (Å²) in [7, 11) is 0. The molecule has 1 saturated carbocycles. The Morgan fingerprint density at radius 2 is 1.89 bits per heavy atom. The molecule has 1 aliphatic heterocycles. The third-order valence-corrected chi connectivity index (χ3v) is 4.99. The van der Waals surface area contributed by atoms with Crippen LogP contribution in [0.4, 0.5) is 0 Å². The second kappa shape index (κ2) is 5.50. The van der Waals surface area contributed by atoms with Gasteiger partial charge in [-0.2, -0.15) is 0 Å². The van der Waals surface area contributed by atoms with E-state index in [4.69, 9.17) is 0 Å². The maximum absolute atomic E-state index is 3.79. The van der Waals surface area contributed by atoms with E-state index >= 15 is 0 Å². The lowest BCUT2D eigenvalue weighted by Gasteiger charge is -2.49. The Labute approximate surface area is 114 Å². The SMILES string of the molecule is CCC1CN(CCC(C)(C)C)C2(CCCC2)CN1. The summed E-state index contributed by atoms with van der Waals surface area (Å²) < 4.78 is 0. The van der Waals surface area contributed by atoms with E-state index < -0.39 is 0 Å². The molecule has 1 heterocycles. The molecular formula is C16H32N2. The highest BCUT2D eigenvalue weighted by atomic mass is 15.3. The van der Waals surface area contributed by atoms with Crippen LogP contribution in [0.3, 0.4) is 0 Å². The highest BCUT2D eigenvalue weighted by Gasteiger charge is 2.42. The van der Waals surface area contributed by atoms with Gasteiger partial charge in [0.25, 0.3) is 0 Å². The summed E-state index contributed by atoms with van der Waals surface area (Å²) >= 11 is 0. The van der Waals surface area contributed by atoms with Crippen molar-refractivity contribution in [2.45, 2.75) is 77.8 Å².